The van der Waals surface area contributed by atoms with E-state index in [1.807, 2.05) is 0 Å². The maximum absolute atomic E-state index is 11.4. The lowest BCUT2D eigenvalue weighted by Crippen LogP contribution is -2.37. The van der Waals surface area contributed by atoms with Crippen LogP contribution >= 0.6 is 0 Å². The molecule has 0 saturated heterocycles. The van der Waals surface area contributed by atoms with Gasteiger partial charge in [0.15, 0.2) is 5.25 Å². The highest BCUT2D eigenvalue weighted by Crippen LogP contribution is 2.04. The number of sulfonamides is 1. The minimum atomic E-state index is -3.88. The van der Waals surface area contributed by atoms with E-state index in [0.717, 1.165) is 6.92 Å². The van der Waals surface area contributed by atoms with Gasteiger partial charge in [-0.3, -0.25) is 4.79 Å². The summed E-state index contributed by atoms with van der Waals surface area (Å²) in [6.07, 6.45) is 0. The number of aromatic nitrogens is 1. The largest absolute Gasteiger partial charge is 0.480 e. The zero-order valence-corrected chi connectivity index (χ0v) is 9.61. The fourth-order valence-corrected chi connectivity index (χ4v) is 1.80. The number of carboxylic acids is 1. The third-order valence-corrected chi connectivity index (χ3v) is 3.62. The standard InChI is InChI=1S/C8H12N2O5S/c1-5-3-7(10-15-5)4-9-16(13,14)6(2)8(11)12/h3,6,9H,4H2,1-2H3,(H,11,12). The van der Waals surface area contributed by atoms with Gasteiger partial charge in [-0.25, -0.2) is 13.1 Å². The van der Waals surface area contributed by atoms with Gasteiger partial charge in [-0.15, -0.1) is 0 Å². The van der Waals surface area contributed by atoms with Crippen LogP contribution in [0.3, 0.4) is 0 Å². The van der Waals surface area contributed by atoms with E-state index >= 15 is 0 Å². The summed E-state index contributed by atoms with van der Waals surface area (Å²) < 4.78 is 29.7. The minimum Gasteiger partial charge on any atom is -0.480 e. The molecule has 2 N–H and O–H groups in total. The average molecular weight is 248 g/mol. The predicted molar refractivity (Wildman–Crippen MR) is 54.1 cm³/mol. The Morgan fingerprint density at radius 1 is 1.69 bits per heavy atom. The molecule has 1 aromatic heterocycles. The monoisotopic (exact) mass is 248 g/mol. The van der Waals surface area contributed by atoms with Gasteiger partial charge in [-0.05, 0) is 13.8 Å². The normalized spacial score (nSPS) is 13.6. The second kappa shape index (κ2) is 4.62. The number of hydrogen-bond acceptors (Lipinski definition) is 5. The number of carboxylic acid groups (broad SMARTS) is 1. The van der Waals surface area contributed by atoms with E-state index < -0.39 is 21.2 Å². The molecule has 1 heterocycles. The Morgan fingerprint density at radius 3 is 2.75 bits per heavy atom. The number of nitrogens with zero attached hydrogens (tertiary/aromatic N) is 1. The number of rotatable bonds is 5. The van der Waals surface area contributed by atoms with Crippen LogP contribution < -0.4 is 4.72 Å². The molecule has 0 saturated carbocycles. The minimum absolute atomic E-state index is 0.0860. The molecule has 90 valence electrons. The topological polar surface area (TPSA) is 110 Å². The Labute approximate surface area is 92.5 Å². The first-order valence-electron chi connectivity index (χ1n) is 4.46. The van der Waals surface area contributed by atoms with Gasteiger partial charge in [0.05, 0.1) is 12.2 Å². The predicted octanol–water partition coefficient (Wildman–Crippen LogP) is -0.124. The molecule has 1 atom stereocenters. The molecular weight excluding hydrogens is 236 g/mol. The third-order valence-electron chi connectivity index (χ3n) is 1.94. The van der Waals surface area contributed by atoms with E-state index in [2.05, 4.69) is 9.88 Å². The smallest absolute Gasteiger partial charge is 0.323 e. The molecular formula is C8H12N2O5S. The van der Waals surface area contributed by atoms with E-state index in [9.17, 15) is 13.2 Å². The molecule has 0 amide bonds. The fourth-order valence-electron chi connectivity index (χ4n) is 0.934. The van der Waals surface area contributed by atoms with Gasteiger partial charge >= 0.3 is 5.97 Å². The van der Waals surface area contributed by atoms with Gasteiger partial charge < -0.3 is 9.63 Å². The van der Waals surface area contributed by atoms with Crippen LogP contribution in [0.25, 0.3) is 0 Å². The molecule has 1 unspecified atom stereocenters. The molecule has 0 bridgehead atoms. The average Bonchev–Trinajstić information content (AvgIpc) is 2.60. The van der Waals surface area contributed by atoms with Crippen molar-refractivity contribution in [1.29, 1.82) is 0 Å². The number of nitrogens with one attached hydrogen (secondary N) is 1. The zero-order valence-electron chi connectivity index (χ0n) is 8.80. The van der Waals surface area contributed by atoms with Crippen LogP contribution in [0.4, 0.5) is 0 Å². The second-order valence-electron chi connectivity index (χ2n) is 3.28. The van der Waals surface area contributed by atoms with Gasteiger partial charge in [0.1, 0.15) is 5.76 Å². The van der Waals surface area contributed by atoms with Crippen LogP contribution in [0.5, 0.6) is 0 Å². The van der Waals surface area contributed by atoms with E-state index in [-0.39, 0.29) is 6.54 Å². The molecule has 0 aliphatic carbocycles. The van der Waals surface area contributed by atoms with Crippen molar-refractivity contribution in [1.82, 2.24) is 9.88 Å². The van der Waals surface area contributed by atoms with Crippen LogP contribution in [0, 0.1) is 6.92 Å². The highest BCUT2D eigenvalue weighted by molar-refractivity contribution is 7.90. The van der Waals surface area contributed by atoms with Crippen LogP contribution in [-0.2, 0) is 21.4 Å². The number of carbonyl (C=O) groups is 1. The van der Waals surface area contributed by atoms with E-state index in [4.69, 9.17) is 9.63 Å². The quantitative estimate of drug-likeness (QED) is 0.751. The van der Waals surface area contributed by atoms with Crippen LogP contribution in [-0.4, -0.2) is 29.9 Å². The molecule has 1 aromatic rings. The van der Waals surface area contributed by atoms with Gasteiger partial charge in [-0.2, -0.15) is 0 Å². The first-order valence-corrected chi connectivity index (χ1v) is 6.01. The van der Waals surface area contributed by atoms with Gasteiger partial charge in [0, 0.05) is 6.07 Å². The lowest BCUT2D eigenvalue weighted by molar-refractivity contribution is -0.136. The highest BCUT2D eigenvalue weighted by atomic mass is 32.2. The molecule has 0 aromatic carbocycles. The summed E-state index contributed by atoms with van der Waals surface area (Å²) in [6.45, 7) is 2.68. The van der Waals surface area contributed by atoms with Crippen molar-refractivity contribution < 1.29 is 22.8 Å². The van der Waals surface area contributed by atoms with E-state index in [1.54, 1.807) is 13.0 Å². The molecule has 0 spiro atoms. The second-order valence-corrected chi connectivity index (χ2v) is 5.36. The van der Waals surface area contributed by atoms with Crippen molar-refractivity contribution in [2.75, 3.05) is 0 Å². The van der Waals surface area contributed by atoms with Gasteiger partial charge in [0.2, 0.25) is 10.0 Å². The summed E-state index contributed by atoms with van der Waals surface area (Å²) in [5.74, 6) is -0.843. The molecule has 0 fully saturated rings. The summed E-state index contributed by atoms with van der Waals surface area (Å²) in [6, 6.07) is 1.56. The Bertz CT molecular complexity index is 478. The van der Waals surface area contributed by atoms with Crippen molar-refractivity contribution in [3.63, 3.8) is 0 Å². The Balaban J connectivity index is 2.65. The van der Waals surface area contributed by atoms with Crippen molar-refractivity contribution in [2.45, 2.75) is 25.6 Å². The van der Waals surface area contributed by atoms with Crippen LogP contribution in [0.1, 0.15) is 18.4 Å². The van der Waals surface area contributed by atoms with Crippen LogP contribution in [0.2, 0.25) is 0 Å². The lowest BCUT2D eigenvalue weighted by Gasteiger charge is -2.08. The number of aliphatic carboxylic acids is 1. The summed E-state index contributed by atoms with van der Waals surface area (Å²) >= 11 is 0. The van der Waals surface area contributed by atoms with Gasteiger partial charge in [-0.1, -0.05) is 5.16 Å². The van der Waals surface area contributed by atoms with Crippen molar-refractivity contribution in [3.05, 3.63) is 17.5 Å². The van der Waals surface area contributed by atoms with Crippen molar-refractivity contribution in [2.24, 2.45) is 0 Å². The maximum atomic E-state index is 11.4. The maximum Gasteiger partial charge on any atom is 0.323 e. The first kappa shape index (κ1) is 12.7. The van der Waals surface area contributed by atoms with E-state index in [1.165, 1.54) is 0 Å². The summed E-state index contributed by atoms with van der Waals surface area (Å²) in [5.41, 5.74) is 0.402. The fraction of sp³-hybridized carbons (Fsp3) is 0.500. The van der Waals surface area contributed by atoms with Gasteiger partial charge in [0.25, 0.3) is 0 Å². The summed E-state index contributed by atoms with van der Waals surface area (Å²) in [5, 5.41) is 10.6. The highest BCUT2D eigenvalue weighted by Gasteiger charge is 2.27. The SMILES string of the molecule is Cc1cc(CNS(=O)(=O)C(C)C(=O)O)no1. The first-order chi connectivity index (χ1) is 7.33. The molecule has 0 radical (unpaired) electrons. The molecule has 1 rings (SSSR count). The number of aryl methyl sites for hydroxylation is 1. The molecule has 8 heteroatoms. The molecule has 16 heavy (non-hydrogen) atoms. The lowest BCUT2D eigenvalue weighted by atomic mass is 10.4. The van der Waals surface area contributed by atoms with Crippen molar-refractivity contribution >= 4 is 16.0 Å². The molecule has 7 nitrogen and oxygen atoms in total. The Morgan fingerprint density at radius 2 is 2.31 bits per heavy atom. The molecule has 0 aliphatic heterocycles. The Hall–Kier alpha value is -1.41. The summed E-state index contributed by atoms with van der Waals surface area (Å²) in [7, 11) is -3.88. The van der Waals surface area contributed by atoms with Crippen LogP contribution in [0.15, 0.2) is 10.6 Å². The third kappa shape index (κ3) is 3.04. The summed E-state index contributed by atoms with van der Waals surface area (Å²) in [4.78, 5) is 10.5. The van der Waals surface area contributed by atoms with E-state index in [0.29, 0.717) is 11.5 Å². The number of hydrogen-bond donors (Lipinski definition) is 2. The van der Waals surface area contributed by atoms with Crippen molar-refractivity contribution in [3.8, 4) is 0 Å². The Kier molecular flexibility index (Phi) is 3.66. The zero-order chi connectivity index (χ0) is 12.3. The molecule has 0 aliphatic rings.